The maximum atomic E-state index is 12.6. The second kappa shape index (κ2) is 8.50. The van der Waals surface area contributed by atoms with Crippen molar-refractivity contribution in [3.05, 3.63) is 70.2 Å². The molecule has 1 fully saturated rings. The molecule has 0 heterocycles. The predicted octanol–water partition coefficient (Wildman–Crippen LogP) is 3.55. The number of halogens is 1. The van der Waals surface area contributed by atoms with Crippen molar-refractivity contribution in [3.63, 3.8) is 0 Å². The van der Waals surface area contributed by atoms with E-state index in [9.17, 15) is 9.90 Å². The Bertz CT molecular complexity index is 708. The van der Waals surface area contributed by atoms with Crippen molar-refractivity contribution in [2.24, 2.45) is 0 Å². The van der Waals surface area contributed by atoms with Crippen molar-refractivity contribution in [3.8, 4) is 0 Å². The van der Waals surface area contributed by atoms with Crippen molar-refractivity contribution in [2.45, 2.75) is 24.8 Å². The van der Waals surface area contributed by atoms with Crippen LogP contribution in [0.15, 0.2) is 59.1 Å². The molecule has 1 aliphatic carbocycles. The number of aliphatic hydroxyl groups excluding tert-OH is 1. The van der Waals surface area contributed by atoms with E-state index in [1.54, 1.807) is 4.90 Å². The Kier molecular flexibility index (Phi) is 6.10. The molecular formula is C20H23BrN2O2. The quantitative estimate of drug-likeness (QED) is 0.743. The molecule has 2 aromatic carbocycles. The van der Waals surface area contributed by atoms with E-state index in [1.807, 2.05) is 36.4 Å². The smallest absolute Gasteiger partial charge is 0.317 e. The highest BCUT2D eigenvalue weighted by Crippen LogP contribution is 2.43. The third-order valence-electron chi connectivity index (χ3n) is 4.57. The number of urea groups is 1. The van der Waals surface area contributed by atoms with Crippen LogP contribution in [0.4, 0.5) is 4.79 Å². The number of carbonyl (C=O) groups excluding carboxylic acids is 1. The summed E-state index contributed by atoms with van der Waals surface area (Å²) in [6, 6.07) is 18.3. The van der Waals surface area contributed by atoms with Gasteiger partial charge in [0.05, 0.1) is 6.61 Å². The Morgan fingerprint density at radius 3 is 2.56 bits per heavy atom. The third kappa shape index (κ3) is 4.83. The Hall–Kier alpha value is -1.85. The van der Waals surface area contributed by atoms with Crippen LogP contribution in [0.25, 0.3) is 0 Å². The van der Waals surface area contributed by atoms with E-state index in [0.29, 0.717) is 19.0 Å². The molecular weight excluding hydrogens is 380 g/mol. The molecule has 132 valence electrons. The Labute approximate surface area is 157 Å². The number of rotatable bonds is 7. The minimum Gasteiger partial charge on any atom is -0.395 e. The number of carbonyl (C=O) groups is 1. The molecule has 3 rings (SSSR count). The van der Waals surface area contributed by atoms with Crippen molar-refractivity contribution in [1.82, 2.24) is 10.2 Å². The summed E-state index contributed by atoms with van der Waals surface area (Å²) in [6.07, 6.45) is 1.74. The molecule has 1 saturated carbocycles. The van der Waals surface area contributed by atoms with E-state index in [2.05, 4.69) is 39.4 Å². The Morgan fingerprint density at radius 1 is 1.12 bits per heavy atom. The Balaban J connectivity index is 1.54. The first-order valence-electron chi connectivity index (χ1n) is 8.63. The topological polar surface area (TPSA) is 52.6 Å². The van der Waals surface area contributed by atoms with Gasteiger partial charge in [-0.05, 0) is 30.0 Å². The summed E-state index contributed by atoms with van der Waals surface area (Å²) < 4.78 is 1.09. The van der Waals surface area contributed by atoms with Crippen molar-refractivity contribution in [2.75, 3.05) is 19.7 Å². The SMILES string of the molecule is O=C(NC1CC1c1ccccc1Br)N(CCO)CCc1ccccc1. The van der Waals surface area contributed by atoms with Crippen LogP contribution < -0.4 is 5.32 Å². The number of hydrogen-bond acceptors (Lipinski definition) is 2. The number of nitrogens with one attached hydrogen (secondary N) is 1. The van der Waals surface area contributed by atoms with Crippen LogP contribution in [-0.4, -0.2) is 41.8 Å². The van der Waals surface area contributed by atoms with Crippen molar-refractivity contribution < 1.29 is 9.90 Å². The monoisotopic (exact) mass is 402 g/mol. The highest BCUT2D eigenvalue weighted by atomic mass is 79.9. The summed E-state index contributed by atoms with van der Waals surface area (Å²) in [4.78, 5) is 14.3. The lowest BCUT2D eigenvalue weighted by atomic mass is 10.1. The third-order valence-corrected chi connectivity index (χ3v) is 5.30. The fourth-order valence-electron chi connectivity index (χ4n) is 3.07. The fraction of sp³-hybridized carbons (Fsp3) is 0.350. The van der Waals surface area contributed by atoms with Crippen molar-refractivity contribution in [1.29, 1.82) is 0 Å². The summed E-state index contributed by atoms with van der Waals surface area (Å²) in [6.45, 7) is 0.925. The molecule has 2 unspecified atom stereocenters. The molecule has 2 aromatic rings. The number of amides is 2. The Morgan fingerprint density at radius 2 is 1.84 bits per heavy atom. The van der Waals surface area contributed by atoms with Crippen LogP contribution in [0.1, 0.15) is 23.5 Å². The molecule has 0 aliphatic heterocycles. The van der Waals surface area contributed by atoms with E-state index in [1.165, 1.54) is 11.1 Å². The first-order chi connectivity index (χ1) is 12.2. The standard InChI is InChI=1S/C20H23BrN2O2/c21-18-9-5-4-8-16(18)17-14-19(17)22-20(25)23(12-13-24)11-10-15-6-2-1-3-7-15/h1-9,17,19,24H,10-14H2,(H,22,25). The second-order valence-electron chi connectivity index (χ2n) is 6.37. The van der Waals surface area contributed by atoms with Crippen molar-refractivity contribution >= 4 is 22.0 Å². The normalized spacial score (nSPS) is 18.6. The molecule has 5 heteroatoms. The average Bonchev–Trinajstić information content (AvgIpc) is 3.38. The summed E-state index contributed by atoms with van der Waals surface area (Å²) in [5.41, 5.74) is 2.43. The molecule has 4 nitrogen and oxygen atoms in total. The zero-order valence-electron chi connectivity index (χ0n) is 14.1. The van der Waals surface area contributed by atoms with E-state index in [4.69, 9.17) is 0 Å². The lowest BCUT2D eigenvalue weighted by Crippen LogP contribution is -2.43. The largest absolute Gasteiger partial charge is 0.395 e. The van der Waals surface area contributed by atoms with Gasteiger partial charge in [-0.1, -0.05) is 64.5 Å². The van der Waals surface area contributed by atoms with Gasteiger partial charge in [-0.15, -0.1) is 0 Å². The molecule has 0 aromatic heterocycles. The van der Waals surface area contributed by atoms with Gasteiger partial charge in [-0.25, -0.2) is 4.79 Å². The van der Waals surface area contributed by atoms with Gasteiger partial charge < -0.3 is 15.3 Å². The molecule has 2 atom stereocenters. The van der Waals surface area contributed by atoms with Gasteiger partial charge in [-0.3, -0.25) is 0 Å². The van der Waals surface area contributed by atoms with Crippen LogP contribution in [-0.2, 0) is 6.42 Å². The first-order valence-corrected chi connectivity index (χ1v) is 9.43. The van der Waals surface area contributed by atoms with Gasteiger partial charge in [-0.2, -0.15) is 0 Å². The zero-order valence-corrected chi connectivity index (χ0v) is 15.7. The maximum absolute atomic E-state index is 12.6. The highest BCUT2D eigenvalue weighted by molar-refractivity contribution is 9.10. The predicted molar refractivity (Wildman–Crippen MR) is 103 cm³/mol. The van der Waals surface area contributed by atoms with Gasteiger partial charge in [0.25, 0.3) is 0 Å². The zero-order chi connectivity index (χ0) is 17.6. The minimum absolute atomic E-state index is 0.0272. The van der Waals surface area contributed by atoms with Gasteiger partial charge in [0.2, 0.25) is 0 Å². The molecule has 25 heavy (non-hydrogen) atoms. The van der Waals surface area contributed by atoms with E-state index in [-0.39, 0.29) is 18.7 Å². The fourth-order valence-corrected chi connectivity index (χ4v) is 3.65. The molecule has 0 spiro atoms. The number of benzene rings is 2. The van der Waals surface area contributed by atoms with Gasteiger partial charge in [0.1, 0.15) is 0 Å². The molecule has 0 radical (unpaired) electrons. The summed E-state index contributed by atoms with van der Waals surface area (Å²) in [5, 5.41) is 12.4. The van der Waals surface area contributed by atoms with Crippen LogP contribution in [0, 0.1) is 0 Å². The minimum atomic E-state index is -0.0930. The summed E-state index contributed by atoms with van der Waals surface area (Å²) >= 11 is 3.58. The number of aliphatic hydroxyl groups is 1. The number of hydrogen-bond donors (Lipinski definition) is 2. The van der Waals surface area contributed by atoms with E-state index >= 15 is 0 Å². The van der Waals surface area contributed by atoms with Crippen LogP contribution in [0.3, 0.4) is 0 Å². The lowest BCUT2D eigenvalue weighted by Gasteiger charge is -2.22. The van der Waals surface area contributed by atoms with Crippen LogP contribution in [0.2, 0.25) is 0 Å². The van der Waals surface area contributed by atoms with Crippen LogP contribution >= 0.6 is 15.9 Å². The van der Waals surface area contributed by atoms with Gasteiger partial charge in [0, 0.05) is 29.5 Å². The molecule has 2 amide bonds. The summed E-state index contributed by atoms with van der Waals surface area (Å²) in [7, 11) is 0. The highest BCUT2D eigenvalue weighted by Gasteiger charge is 2.41. The van der Waals surface area contributed by atoms with Gasteiger partial charge >= 0.3 is 6.03 Å². The number of nitrogens with zero attached hydrogens (tertiary/aromatic N) is 1. The average molecular weight is 403 g/mol. The van der Waals surface area contributed by atoms with Gasteiger partial charge in [0.15, 0.2) is 0 Å². The maximum Gasteiger partial charge on any atom is 0.317 e. The van der Waals surface area contributed by atoms with E-state index in [0.717, 1.165) is 17.3 Å². The van der Waals surface area contributed by atoms with Crippen LogP contribution in [0.5, 0.6) is 0 Å². The molecule has 1 aliphatic rings. The van der Waals surface area contributed by atoms with E-state index < -0.39 is 0 Å². The summed E-state index contributed by atoms with van der Waals surface area (Å²) in [5.74, 6) is 0.365. The molecule has 0 saturated heterocycles. The molecule has 2 N–H and O–H groups in total. The molecule has 0 bridgehead atoms. The lowest BCUT2D eigenvalue weighted by molar-refractivity contribution is 0.177. The second-order valence-corrected chi connectivity index (χ2v) is 7.22. The first kappa shape index (κ1) is 18.0.